The molecule has 0 N–H and O–H groups in total. The van der Waals surface area contributed by atoms with Gasteiger partial charge >= 0.3 is 0 Å². The molecule has 0 aliphatic carbocycles. The van der Waals surface area contributed by atoms with Crippen LogP contribution in [0.4, 0.5) is 10.2 Å². The Hall–Kier alpha value is -1.69. The minimum atomic E-state index is -0.225. The van der Waals surface area contributed by atoms with Crippen LogP contribution in [-0.4, -0.2) is 54.3 Å². The number of piperidine rings is 1. The van der Waals surface area contributed by atoms with Gasteiger partial charge in [0.1, 0.15) is 11.6 Å². The summed E-state index contributed by atoms with van der Waals surface area (Å²) in [4.78, 5) is 9.16. The molecule has 28 heavy (non-hydrogen) atoms. The number of nitrogens with zero attached hydrogens (tertiary/aromatic N) is 3. The molecule has 2 atom stereocenters. The molecule has 0 amide bonds. The van der Waals surface area contributed by atoms with Crippen molar-refractivity contribution in [3.05, 3.63) is 59.0 Å². The van der Waals surface area contributed by atoms with Crippen molar-refractivity contribution in [2.45, 2.75) is 44.4 Å². The number of pyridine rings is 1. The maximum Gasteiger partial charge on any atom is 0.131 e. The molecule has 4 rings (SSSR count). The molecule has 6 heteroatoms. The fourth-order valence-corrected chi connectivity index (χ4v) is 4.50. The molecule has 2 aromatic rings. The summed E-state index contributed by atoms with van der Waals surface area (Å²) in [5, 5.41) is 0.771. The quantitative estimate of drug-likeness (QED) is 0.765. The number of halogens is 2. The zero-order valence-corrected chi connectivity index (χ0v) is 17.0. The van der Waals surface area contributed by atoms with Crippen LogP contribution in [0.1, 0.15) is 25.3 Å². The third-order valence-electron chi connectivity index (χ3n) is 5.86. The van der Waals surface area contributed by atoms with Crippen LogP contribution in [0.15, 0.2) is 42.6 Å². The Balaban J connectivity index is 1.41. The number of rotatable bonds is 4. The smallest absolute Gasteiger partial charge is 0.131 e. The van der Waals surface area contributed by atoms with Crippen molar-refractivity contribution in [2.75, 3.05) is 31.1 Å². The third-order valence-corrected chi connectivity index (χ3v) is 6.11. The van der Waals surface area contributed by atoms with Crippen molar-refractivity contribution in [1.29, 1.82) is 0 Å². The van der Waals surface area contributed by atoms with E-state index in [-0.39, 0.29) is 11.9 Å². The lowest BCUT2D eigenvalue weighted by Gasteiger charge is -2.46. The number of benzene rings is 1. The maximum atomic E-state index is 13.5. The van der Waals surface area contributed by atoms with Gasteiger partial charge in [0.25, 0.3) is 0 Å². The average Bonchev–Trinajstić information content (AvgIpc) is 2.71. The van der Waals surface area contributed by atoms with E-state index in [1.165, 1.54) is 17.7 Å². The zero-order valence-electron chi connectivity index (χ0n) is 16.2. The van der Waals surface area contributed by atoms with Crippen molar-refractivity contribution in [3.8, 4) is 0 Å². The Morgan fingerprint density at radius 2 is 1.93 bits per heavy atom. The number of aromatic nitrogens is 1. The number of anilines is 1. The van der Waals surface area contributed by atoms with Gasteiger partial charge in [-0.05, 0) is 49.9 Å². The number of hydrogen-bond acceptors (Lipinski definition) is 4. The molecule has 2 saturated heterocycles. The molecular formula is C22H27ClFN3O. The van der Waals surface area contributed by atoms with Crippen molar-refractivity contribution in [3.63, 3.8) is 0 Å². The van der Waals surface area contributed by atoms with Gasteiger partial charge in [0.2, 0.25) is 0 Å². The molecule has 4 nitrogen and oxygen atoms in total. The van der Waals surface area contributed by atoms with Crippen LogP contribution in [0.5, 0.6) is 0 Å². The molecular weight excluding hydrogens is 377 g/mol. The van der Waals surface area contributed by atoms with Crippen LogP contribution in [0, 0.1) is 5.82 Å². The van der Waals surface area contributed by atoms with Crippen molar-refractivity contribution >= 4 is 17.4 Å². The van der Waals surface area contributed by atoms with Crippen LogP contribution in [0.25, 0.3) is 0 Å². The second kappa shape index (κ2) is 8.76. The van der Waals surface area contributed by atoms with E-state index < -0.39 is 0 Å². The highest BCUT2D eigenvalue weighted by molar-refractivity contribution is 6.30. The van der Waals surface area contributed by atoms with Gasteiger partial charge in [0.05, 0.1) is 12.7 Å². The Morgan fingerprint density at radius 1 is 1.18 bits per heavy atom. The first-order valence-electron chi connectivity index (χ1n) is 10.1. The normalized spacial score (nSPS) is 24.5. The van der Waals surface area contributed by atoms with Gasteiger partial charge in [-0.25, -0.2) is 9.37 Å². The minimum absolute atomic E-state index is 0.225. The molecule has 1 aromatic heterocycles. The summed E-state index contributed by atoms with van der Waals surface area (Å²) in [6.07, 6.45) is 4.88. The first kappa shape index (κ1) is 19.6. The maximum absolute atomic E-state index is 13.5. The standard InChI is InChI=1S/C22H27ClFN3O/c1-16-14-27(21(15-28-16)12-17-2-4-18(23)5-3-17)20-7-10-26(11-8-20)22-13-19(24)6-9-25-22/h2-6,9,13,16,20-21H,7-8,10-12,14-15H2,1H3/t16-,21-/m0/s1. The highest BCUT2D eigenvalue weighted by Crippen LogP contribution is 2.27. The zero-order chi connectivity index (χ0) is 19.5. The Morgan fingerprint density at radius 3 is 2.64 bits per heavy atom. The van der Waals surface area contributed by atoms with Gasteiger partial charge in [0, 0.05) is 49.0 Å². The minimum Gasteiger partial charge on any atom is -0.376 e. The lowest BCUT2D eigenvalue weighted by atomic mass is 9.96. The fourth-order valence-electron chi connectivity index (χ4n) is 4.38. The van der Waals surface area contributed by atoms with Crippen molar-refractivity contribution < 1.29 is 9.13 Å². The van der Waals surface area contributed by atoms with Crippen molar-refractivity contribution in [1.82, 2.24) is 9.88 Å². The fraction of sp³-hybridized carbons (Fsp3) is 0.500. The first-order valence-corrected chi connectivity index (χ1v) is 10.4. The van der Waals surface area contributed by atoms with Gasteiger partial charge in [-0.1, -0.05) is 23.7 Å². The van der Waals surface area contributed by atoms with E-state index in [2.05, 4.69) is 33.8 Å². The van der Waals surface area contributed by atoms with Crippen molar-refractivity contribution in [2.24, 2.45) is 0 Å². The molecule has 3 heterocycles. The predicted molar refractivity (Wildman–Crippen MR) is 110 cm³/mol. The van der Waals surface area contributed by atoms with Crippen LogP contribution < -0.4 is 4.90 Å². The molecule has 2 aliphatic rings. The Kier molecular flexibility index (Phi) is 6.14. The summed E-state index contributed by atoms with van der Waals surface area (Å²) in [5.41, 5.74) is 1.29. The largest absolute Gasteiger partial charge is 0.376 e. The SMILES string of the molecule is C[C@H]1CN(C2CCN(c3cc(F)ccn3)CC2)[C@@H](Cc2ccc(Cl)cc2)CO1. The molecule has 0 radical (unpaired) electrons. The average molecular weight is 404 g/mol. The van der Waals surface area contributed by atoms with Crippen LogP contribution in [0.2, 0.25) is 5.02 Å². The van der Waals surface area contributed by atoms with Crippen LogP contribution in [-0.2, 0) is 11.2 Å². The summed E-state index contributed by atoms with van der Waals surface area (Å²) in [6, 6.07) is 12.0. The van der Waals surface area contributed by atoms with Crippen LogP contribution in [0.3, 0.4) is 0 Å². The predicted octanol–water partition coefficient (Wildman–Crippen LogP) is 4.17. The van der Waals surface area contributed by atoms with E-state index in [1.54, 1.807) is 6.20 Å². The van der Waals surface area contributed by atoms with E-state index in [4.69, 9.17) is 16.3 Å². The number of hydrogen-bond donors (Lipinski definition) is 0. The molecule has 0 bridgehead atoms. The molecule has 0 saturated carbocycles. The molecule has 2 aliphatic heterocycles. The summed E-state index contributed by atoms with van der Waals surface area (Å²) in [6.45, 7) is 5.68. The second-order valence-electron chi connectivity index (χ2n) is 7.88. The lowest BCUT2D eigenvalue weighted by Crippen LogP contribution is -2.56. The summed E-state index contributed by atoms with van der Waals surface area (Å²) in [7, 11) is 0. The van der Waals surface area contributed by atoms with Gasteiger partial charge < -0.3 is 9.64 Å². The topological polar surface area (TPSA) is 28.6 Å². The highest BCUT2D eigenvalue weighted by Gasteiger charge is 2.34. The first-order chi connectivity index (χ1) is 13.6. The lowest BCUT2D eigenvalue weighted by molar-refractivity contribution is -0.0745. The van der Waals surface area contributed by atoms with E-state index in [9.17, 15) is 4.39 Å². The molecule has 1 aromatic carbocycles. The molecule has 2 fully saturated rings. The van der Waals surface area contributed by atoms with E-state index in [1.807, 2.05) is 12.1 Å². The molecule has 150 valence electrons. The Bertz CT molecular complexity index is 780. The van der Waals surface area contributed by atoms with Gasteiger partial charge in [-0.3, -0.25) is 4.90 Å². The summed E-state index contributed by atoms with van der Waals surface area (Å²) >= 11 is 6.03. The summed E-state index contributed by atoms with van der Waals surface area (Å²) in [5.74, 6) is 0.517. The summed E-state index contributed by atoms with van der Waals surface area (Å²) < 4.78 is 19.5. The monoisotopic (exact) mass is 403 g/mol. The molecule has 0 unspecified atom stereocenters. The van der Waals surface area contributed by atoms with Gasteiger partial charge in [0.15, 0.2) is 0 Å². The highest BCUT2D eigenvalue weighted by atomic mass is 35.5. The van der Waals surface area contributed by atoms with Crippen LogP contribution >= 0.6 is 11.6 Å². The van der Waals surface area contributed by atoms with E-state index in [0.717, 1.165) is 56.3 Å². The van der Waals surface area contributed by atoms with Gasteiger partial charge in [-0.15, -0.1) is 0 Å². The second-order valence-corrected chi connectivity index (χ2v) is 8.31. The number of ether oxygens (including phenoxy) is 1. The Labute approximate surface area is 171 Å². The van der Waals surface area contributed by atoms with E-state index >= 15 is 0 Å². The number of morpholine rings is 1. The van der Waals surface area contributed by atoms with E-state index in [0.29, 0.717) is 12.1 Å². The molecule has 0 spiro atoms. The third kappa shape index (κ3) is 4.65. The van der Waals surface area contributed by atoms with Gasteiger partial charge in [-0.2, -0.15) is 0 Å².